The number of carbonyl (C=O) groups is 1. The molecule has 0 saturated carbocycles. The minimum absolute atomic E-state index is 0.115. The minimum atomic E-state index is -0.382. The van der Waals surface area contributed by atoms with Crippen molar-refractivity contribution in [3.8, 4) is 33.5 Å². The van der Waals surface area contributed by atoms with Gasteiger partial charge in [0.2, 0.25) is 0 Å². The van der Waals surface area contributed by atoms with E-state index in [1.54, 1.807) is 0 Å². The summed E-state index contributed by atoms with van der Waals surface area (Å²) in [6.45, 7) is 4.19. The Hall–Kier alpha value is -6.98. The number of hydrogen-bond acceptors (Lipinski definition) is 4. The Labute approximate surface area is 321 Å². The summed E-state index contributed by atoms with van der Waals surface area (Å²) in [6, 6.07) is 58.8. The molecule has 5 heteroatoms. The van der Waals surface area contributed by atoms with Crippen LogP contribution in [0.4, 0.5) is 0 Å². The molecule has 9 rings (SSSR count). The predicted molar refractivity (Wildman–Crippen MR) is 223 cm³/mol. The third kappa shape index (κ3) is 6.40. The Balaban J connectivity index is 1.25. The number of amidine groups is 1. The molecule has 0 spiro atoms. The van der Waals surface area contributed by atoms with E-state index in [0.29, 0.717) is 17.1 Å². The van der Waals surface area contributed by atoms with Gasteiger partial charge < -0.3 is 0 Å². The highest BCUT2D eigenvalue weighted by Gasteiger charge is 2.43. The van der Waals surface area contributed by atoms with Crippen molar-refractivity contribution < 1.29 is 4.79 Å². The topological polar surface area (TPSA) is 58.5 Å². The van der Waals surface area contributed by atoms with Crippen LogP contribution >= 0.6 is 0 Å². The molecule has 264 valence electrons. The highest BCUT2D eigenvalue weighted by molar-refractivity contribution is 6.16. The first-order valence-electron chi connectivity index (χ1n) is 18.6. The van der Waals surface area contributed by atoms with Gasteiger partial charge in [-0.15, -0.1) is 0 Å². The van der Waals surface area contributed by atoms with E-state index in [4.69, 9.17) is 15.0 Å². The monoisotopic (exact) mass is 710 g/mol. The van der Waals surface area contributed by atoms with Crippen molar-refractivity contribution in [3.05, 3.63) is 216 Å². The zero-order valence-corrected chi connectivity index (χ0v) is 30.7. The van der Waals surface area contributed by atoms with Crippen LogP contribution in [0.2, 0.25) is 0 Å². The van der Waals surface area contributed by atoms with Crippen LogP contribution in [-0.2, 0) is 0 Å². The molecule has 8 aromatic rings. The molecule has 0 aliphatic carbocycles. The van der Waals surface area contributed by atoms with Crippen molar-refractivity contribution in [2.75, 3.05) is 0 Å². The van der Waals surface area contributed by atoms with Gasteiger partial charge in [0.15, 0.2) is 0 Å². The van der Waals surface area contributed by atoms with Crippen molar-refractivity contribution in [1.29, 1.82) is 0 Å². The van der Waals surface area contributed by atoms with Gasteiger partial charge in [0.05, 0.1) is 29.0 Å². The third-order valence-electron chi connectivity index (χ3n) is 10.5. The molecule has 0 radical (unpaired) electrons. The quantitative estimate of drug-likeness (QED) is 0.165. The fraction of sp³-hybridized carbons (Fsp3) is 0.0800. The van der Waals surface area contributed by atoms with E-state index < -0.39 is 0 Å². The standard InChI is InChI=1S/C50H38N4O/c1-33-22-26-35(27-23-33)40-30-31-41(36-28-24-34(2)25-29-36)47-46(40)51-32-44(52-47)42-20-12-13-21-43(42)49-53-45(37-14-6-3-7-15-37)48(38-16-8-4-9-17-38)54(49)50(55)39-18-10-5-11-19-39/h3-32,45,48H,1-2H3/t45-,48-/m0/s1. The van der Waals surface area contributed by atoms with Crippen LogP contribution in [-0.4, -0.2) is 26.6 Å². The van der Waals surface area contributed by atoms with Gasteiger partial charge in [-0.2, -0.15) is 0 Å². The minimum Gasteiger partial charge on any atom is -0.282 e. The number of aliphatic imine (C=N–C) groups is 1. The van der Waals surface area contributed by atoms with E-state index in [1.807, 2.05) is 96.0 Å². The number of benzene rings is 7. The fourth-order valence-corrected chi connectivity index (χ4v) is 7.63. The number of fused-ring (bicyclic) bond motifs is 1. The summed E-state index contributed by atoms with van der Waals surface area (Å²) in [7, 11) is 0. The Morgan fingerprint density at radius 3 is 1.62 bits per heavy atom. The maximum atomic E-state index is 14.8. The lowest BCUT2D eigenvalue weighted by Gasteiger charge is -2.30. The van der Waals surface area contributed by atoms with Crippen LogP contribution in [0.3, 0.4) is 0 Å². The van der Waals surface area contributed by atoms with E-state index in [9.17, 15) is 4.79 Å². The summed E-state index contributed by atoms with van der Waals surface area (Å²) < 4.78 is 0. The molecule has 0 bridgehead atoms. The molecule has 0 unspecified atom stereocenters. The second-order valence-corrected chi connectivity index (χ2v) is 14.1. The number of carbonyl (C=O) groups excluding carboxylic acids is 1. The Morgan fingerprint density at radius 1 is 0.509 bits per heavy atom. The van der Waals surface area contributed by atoms with E-state index in [1.165, 1.54) is 11.1 Å². The molecular formula is C50H38N4O. The smallest absolute Gasteiger partial charge is 0.260 e. The summed E-state index contributed by atoms with van der Waals surface area (Å²) in [6.07, 6.45) is 1.86. The Kier molecular flexibility index (Phi) is 8.89. The molecule has 1 aliphatic heterocycles. The normalized spacial score (nSPS) is 15.2. The van der Waals surface area contributed by atoms with Crippen molar-refractivity contribution in [3.63, 3.8) is 0 Å². The molecule has 1 amide bonds. The highest BCUT2D eigenvalue weighted by atomic mass is 16.2. The SMILES string of the molecule is Cc1ccc(-c2ccc(-c3ccc(C)cc3)c3nc(-c4ccccc4C4=N[C@@H](c5ccccc5)[C@H](c5ccccc5)N4C(=O)c4ccccc4)cnc23)cc1. The van der Waals surface area contributed by atoms with Gasteiger partial charge in [0.25, 0.3) is 5.91 Å². The van der Waals surface area contributed by atoms with Gasteiger partial charge in [0.1, 0.15) is 11.9 Å². The van der Waals surface area contributed by atoms with Crippen molar-refractivity contribution in [2.24, 2.45) is 4.99 Å². The van der Waals surface area contributed by atoms with Crippen LogP contribution in [0, 0.1) is 13.8 Å². The summed E-state index contributed by atoms with van der Waals surface area (Å²) >= 11 is 0. The van der Waals surface area contributed by atoms with Crippen LogP contribution < -0.4 is 0 Å². The second kappa shape index (κ2) is 14.4. The molecule has 0 N–H and O–H groups in total. The first-order valence-corrected chi connectivity index (χ1v) is 18.6. The van der Waals surface area contributed by atoms with Gasteiger partial charge in [-0.3, -0.25) is 19.7 Å². The first-order chi connectivity index (χ1) is 27.0. The van der Waals surface area contributed by atoms with Gasteiger partial charge in [-0.25, -0.2) is 4.98 Å². The molecule has 5 nitrogen and oxygen atoms in total. The average Bonchev–Trinajstić information content (AvgIpc) is 3.65. The van der Waals surface area contributed by atoms with Gasteiger partial charge in [0, 0.05) is 27.8 Å². The summed E-state index contributed by atoms with van der Waals surface area (Å²) in [5.41, 5.74) is 13.2. The maximum Gasteiger partial charge on any atom is 0.260 e. The summed E-state index contributed by atoms with van der Waals surface area (Å²) in [4.78, 5) is 32.8. The largest absolute Gasteiger partial charge is 0.282 e. The van der Waals surface area contributed by atoms with E-state index in [0.717, 1.165) is 55.5 Å². The molecule has 2 heterocycles. The molecule has 1 aromatic heterocycles. The number of aromatic nitrogens is 2. The fourth-order valence-electron chi connectivity index (χ4n) is 7.63. The van der Waals surface area contributed by atoms with Gasteiger partial charge in [-0.1, -0.05) is 175 Å². The number of nitrogens with zero attached hydrogens (tertiary/aromatic N) is 4. The molecular weight excluding hydrogens is 673 g/mol. The lowest BCUT2D eigenvalue weighted by atomic mass is 9.93. The predicted octanol–water partition coefficient (Wildman–Crippen LogP) is 11.6. The molecule has 0 saturated heterocycles. The molecule has 1 aliphatic rings. The molecule has 0 fully saturated rings. The van der Waals surface area contributed by atoms with E-state index >= 15 is 0 Å². The third-order valence-corrected chi connectivity index (χ3v) is 10.5. The molecule has 55 heavy (non-hydrogen) atoms. The Bertz CT molecular complexity index is 2670. The number of hydrogen-bond donors (Lipinski definition) is 0. The van der Waals surface area contributed by atoms with Crippen molar-refractivity contribution >= 4 is 22.8 Å². The first kappa shape index (κ1) is 33.8. The average molecular weight is 711 g/mol. The number of amides is 1. The lowest BCUT2D eigenvalue weighted by Crippen LogP contribution is -2.38. The van der Waals surface area contributed by atoms with E-state index in [2.05, 4.69) is 105 Å². The molecule has 7 aromatic carbocycles. The van der Waals surface area contributed by atoms with Crippen molar-refractivity contribution in [2.45, 2.75) is 25.9 Å². The highest BCUT2D eigenvalue weighted by Crippen LogP contribution is 2.45. The maximum absolute atomic E-state index is 14.8. The van der Waals surface area contributed by atoms with Crippen LogP contribution in [0.25, 0.3) is 44.5 Å². The summed E-state index contributed by atoms with van der Waals surface area (Å²) in [5.74, 6) is 0.483. The summed E-state index contributed by atoms with van der Waals surface area (Å²) in [5, 5.41) is 0. The number of rotatable bonds is 7. The number of aryl methyl sites for hydroxylation is 2. The van der Waals surface area contributed by atoms with Crippen molar-refractivity contribution in [1.82, 2.24) is 14.9 Å². The second-order valence-electron chi connectivity index (χ2n) is 14.1. The van der Waals surface area contributed by atoms with Crippen LogP contribution in [0.5, 0.6) is 0 Å². The Morgan fingerprint density at radius 2 is 1.02 bits per heavy atom. The van der Waals surface area contributed by atoms with Gasteiger partial charge in [-0.05, 0) is 48.2 Å². The lowest BCUT2D eigenvalue weighted by molar-refractivity contribution is 0.0805. The van der Waals surface area contributed by atoms with E-state index in [-0.39, 0.29) is 18.0 Å². The molecule has 2 atom stereocenters. The zero-order chi connectivity index (χ0) is 37.3. The van der Waals surface area contributed by atoms with Gasteiger partial charge >= 0.3 is 0 Å². The zero-order valence-electron chi connectivity index (χ0n) is 30.7. The van der Waals surface area contributed by atoms with Crippen LogP contribution in [0.1, 0.15) is 50.3 Å². The van der Waals surface area contributed by atoms with Crippen LogP contribution in [0.15, 0.2) is 187 Å².